The molecule has 4 aromatic rings. The zero-order valence-electron chi connectivity index (χ0n) is 26.4. The smallest absolute Gasteiger partial charge is 0.247 e. The van der Waals surface area contributed by atoms with Gasteiger partial charge in [0.05, 0.1) is 36.8 Å². The fourth-order valence-electron chi connectivity index (χ4n) is 6.86. The molecule has 3 aromatic carbocycles. The van der Waals surface area contributed by atoms with Crippen LogP contribution < -0.4 is 25.3 Å². The third-order valence-corrected chi connectivity index (χ3v) is 9.16. The Morgan fingerprint density at radius 3 is 2.70 bits per heavy atom. The van der Waals surface area contributed by atoms with Gasteiger partial charge in [-0.25, -0.2) is 19.4 Å². The van der Waals surface area contributed by atoms with Crippen LogP contribution in [0.4, 0.5) is 33.1 Å². The largest absolute Gasteiger partial charge is 0.494 e. The molecule has 1 unspecified atom stereocenters. The van der Waals surface area contributed by atoms with E-state index >= 15 is 0 Å². The van der Waals surface area contributed by atoms with E-state index in [2.05, 4.69) is 43.0 Å². The van der Waals surface area contributed by atoms with Crippen LogP contribution in [-0.4, -0.2) is 66.7 Å². The number of anilines is 5. The summed E-state index contributed by atoms with van der Waals surface area (Å²) >= 11 is 0. The lowest BCUT2D eigenvalue weighted by Gasteiger charge is -2.39. The number of halogens is 1. The molecule has 0 saturated carbocycles. The molecule has 2 atom stereocenters. The van der Waals surface area contributed by atoms with Gasteiger partial charge in [-0.1, -0.05) is 36.9 Å². The summed E-state index contributed by atoms with van der Waals surface area (Å²) in [6, 6.07) is 20.8. The zero-order valence-corrected chi connectivity index (χ0v) is 26.4. The number of hydroxylamine groups is 1. The summed E-state index contributed by atoms with van der Waals surface area (Å²) in [6.07, 6.45) is 5.92. The molecule has 2 N–H and O–H groups in total. The van der Waals surface area contributed by atoms with Crippen molar-refractivity contribution in [3.63, 3.8) is 0 Å². The minimum Gasteiger partial charge on any atom is -0.494 e. The number of hydrogen-bond donors (Lipinski definition) is 2. The maximum atomic E-state index is 13.9. The SMILES string of the molecule is C=CC(=O)Nc1cc(Nc2cc(N3OCC[C@@H]3c3cccc(-c4cccc(F)c4)c3)ncn2)c(OC)cc1N1CCN2CCCC2C1. The fraction of sp³-hybridized carbons (Fsp3) is 0.306. The van der Waals surface area contributed by atoms with E-state index in [0.717, 1.165) is 55.0 Å². The molecule has 3 aliphatic heterocycles. The van der Waals surface area contributed by atoms with Crippen molar-refractivity contribution >= 4 is 34.6 Å². The van der Waals surface area contributed by atoms with E-state index in [0.29, 0.717) is 41.4 Å². The number of piperazine rings is 1. The average molecular weight is 636 g/mol. The molecule has 242 valence electrons. The molecular formula is C36H38FN7O3. The summed E-state index contributed by atoms with van der Waals surface area (Å²) in [5.74, 6) is 1.18. The minimum absolute atomic E-state index is 0.0962. The summed E-state index contributed by atoms with van der Waals surface area (Å²) in [5.41, 5.74) is 5.00. The maximum absolute atomic E-state index is 13.9. The summed E-state index contributed by atoms with van der Waals surface area (Å²) in [7, 11) is 1.63. The molecule has 11 heteroatoms. The molecular weight excluding hydrogens is 597 g/mol. The van der Waals surface area contributed by atoms with E-state index in [1.54, 1.807) is 18.2 Å². The minimum atomic E-state index is -0.287. The number of benzene rings is 3. The van der Waals surface area contributed by atoms with Crippen LogP contribution in [-0.2, 0) is 9.63 Å². The van der Waals surface area contributed by atoms with Gasteiger partial charge in [-0.05, 0) is 66.4 Å². The van der Waals surface area contributed by atoms with Gasteiger partial charge in [0.15, 0.2) is 5.82 Å². The van der Waals surface area contributed by atoms with Gasteiger partial charge in [-0.15, -0.1) is 0 Å². The van der Waals surface area contributed by atoms with Crippen molar-refractivity contribution in [1.82, 2.24) is 14.9 Å². The monoisotopic (exact) mass is 635 g/mol. The van der Waals surface area contributed by atoms with Crippen molar-refractivity contribution in [3.8, 4) is 16.9 Å². The van der Waals surface area contributed by atoms with Crippen LogP contribution in [0.1, 0.15) is 30.9 Å². The summed E-state index contributed by atoms with van der Waals surface area (Å²) < 4.78 is 19.8. The number of amides is 1. The van der Waals surface area contributed by atoms with Crippen LogP contribution in [0.25, 0.3) is 11.1 Å². The first kappa shape index (κ1) is 30.6. The Morgan fingerprint density at radius 2 is 1.87 bits per heavy atom. The second-order valence-electron chi connectivity index (χ2n) is 12.0. The highest BCUT2D eigenvalue weighted by molar-refractivity contribution is 6.02. The molecule has 1 amide bonds. The van der Waals surface area contributed by atoms with Gasteiger partial charge in [0.2, 0.25) is 5.91 Å². The second kappa shape index (κ2) is 13.4. The molecule has 0 aliphatic carbocycles. The van der Waals surface area contributed by atoms with Crippen LogP contribution in [0.5, 0.6) is 5.75 Å². The highest BCUT2D eigenvalue weighted by Crippen LogP contribution is 2.41. The van der Waals surface area contributed by atoms with Crippen LogP contribution in [0, 0.1) is 5.82 Å². The normalized spacial score (nSPS) is 19.4. The average Bonchev–Trinajstić information content (AvgIpc) is 3.79. The van der Waals surface area contributed by atoms with Gasteiger partial charge in [0.25, 0.3) is 0 Å². The number of rotatable bonds is 9. The first-order valence-electron chi connectivity index (χ1n) is 16.0. The molecule has 3 fully saturated rings. The Morgan fingerprint density at radius 1 is 1.02 bits per heavy atom. The quantitative estimate of drug-likeness (QED) is 0.205. The highest BCUT2D eigenvalue weighted by Gasteiger charge is 2.32. The molecule has 47 heavy (non-hydrogen) atoms. The van der Waals surface area contributed by atoms with E-state index in [-0.39, 0.29) is 17.8 Å². The van der Waals surface area contributed by atoms with Gasteiger partial charge in [-0.2, -0.15) is 0 Å². The third kappa shape index (κ3) is 6.49. The molecule has 3 saturated heterocycles. The number of nitrogens with zero attached hydrogens (tertiary/aromatic N) is 5. The van der Waals surface area contributed by atoms with Gasteiger partial charge >= 0.3 is 0 Å². The van der Waals surface area contributed by atoms with E-state index in [1.165, 1.54) is 37.4 Å². The number of hydrogen-bond acceptors (Lipinski definition) is 9. The predicted octanol–water partition coefficient (Wildman–Crippen LogP) is 6.33. The highest BCUT2D eigenvalue weighted by atomic mass is 19.1. The molecule has 0 bridgehead atoms. The van der Waals surface area contributed by atoms with Crippen molar-refractivity contribution in [1.29, 1.82) is 0 Å². The van der Waals surface area contributed by atoms with Gasteiger partial charge in [0, 0.05) is 44.2 Å². The van der Waals surface area contributed by atoms with Crippen molar-refractivity contribution in [3.05, 3.63) is 97.1 Å². The van der Waals surface area contributed by atoms with Crippen molar-refractivity contribution in [2.75, 3.05) is 60.5 Å². The Hall–Kier alpha value is -5.00. The van der Waals surface area contributed by atoms with E-state index in [9.17, 15) is 9.18 Å². The number of aromatic nitrogens is 2. The van der Waals surface area contributed by atoms with E-state index in [1.807, 2.05) is 42.5 Å². The van der Waals surface area contributed by atoms with Crippen molar-refractivity contribution < 1.29 is 18.8 Å². The predicted molar refractivity (Wildman–Crippen MR) is 182 cm³/mol. The molecule has 3 aliphatic rings. The van der Waals surface area contributed by atoms with Crippen LogP contribution in [0.15, 0.2) is 85.7 Å². The van der Waals surface area contributed by atoms with Crippen molar-refractivity contribution in [2.45, 2.75) is 31.3 Å². The number of methoxy groups -OCH3 is 1. The number of carbonyl (C=O) groups is 1. The molecule has 0 radical (unpaired) electrons. The van der Waals surface area contributed by atoms with Gasteiger partial charge in [-0.3, -0.25) is 14.5 Å². The Labute approximate surface area is 273 Å². The van der Waals surface area contributed by atoms with Gasteiger partial charge < -0.3 is 20.3 Å². The first-order valence-corrected chi connectivity index (χ1v) is 16.0. The number of ether oxygens (including phenoxy) is 1. The zero-order chi connectivity index (χ0) is 32.3. The summed E-state index contributed by atoms with van der Waals surface area (Å²) in [6.45, 7) is 8.06. The Bertz CT molecular complexity index is 1790. The molecule has 0 spiro atoms. The van der Waals surface area contributed by atoms with Gasteiger partial charge in [0.1, 0.15) is 23.7 Å². The van der Waals surface area contributed by atoms with Crippen molar-refractivity contribution in [2.24, 2.45) is 0 Å². The number of fused-ring (bicyclic) bond motifs is 1. The van der Waals surface area contributed by atoms with Crippen LogP contribution >= 0.6 is 0 Å². The first-order chi connectivity index (χ1) is 23.0. The van der Waals surface area contributed by atoms with Crippen LogP contribution in [0.2, 0.25) is 0 Å². The van der Waals surface area contributed by atoms with Crippen LogP contribution in [0.3, 0.4) is 0 Å². The van der Waals surface area contributed by atoms with E-state index in [4.69, 9.17) is 9.57 Å². The number of carbonyl (C=O) groups excluding carboxylic acids is 1. The number of nitrogens with one attached hydrogen (secondary N) is 2. The molecule has 4 heterocycles. The summed E-state index contributed by atoms with van der Waals surface area (Å²) in [5, 5.41) is 8.19. The Kier molecular flexibility index (Phi) is 8.73. The lowest BCUT2D eigenvalue weighted by atomic mass is 9.98. The fourth-order valence-corrected chi connectivity index (χ4v) is 6.86. The molecule has 10 nitrogen and oxygen atoms in total. The molecule has 1 aromatic heterocycles. The molecule has 7 rings (SSSR count). The standard InChI is InChI=1S/C36H38FN7O3/c1-3-36(45)41-29-19-30(33(46-2)20-32(29)43-15-14-42-13-6-11-28(42)22-43)40-34-21-35(39-23-38-34)44-31(12-16-47-44)26-9-4-7-24(17-26)25-8-5-10-27(37)18-25/h3-5,7-10,17-21,23,28,31H,1,6,11-16,22H2,2H3,(H,41,45)(H,38,39,40)/t28?,31-/m1/s1. The summed E-state index contributed by atoms with van der Waals surface area (Å²) in [4.78, 5) is 32.5. The lowest BCUT2D eigenvalue weighted by molar-refractivity contribution is -0.111. The maximum Gasteiger partial charge on any atom is 0.247 e. The topological polar surface area (TPSA) is 95.1 Å². The second-order valence-corrected chi connectivity index (χ2v) is 12.0. The van der Waals surface area contributed by atoms with E-state index < -0.39 is 0 Å². The lowest BCUT2D eigenvalue weighted by Crippen LogP contribution is -2.50. The third-order valence-electron chi connectivity index (χ3n) is 9.16. The Balaban J connectivity index is 1.15.